The zero-order chi connectivity index (χ0) is 16.9. The maximum atomic E-state index is 13.4. The summed E-state index contributed by atoms with van der Waals surface area (Å²) in [7, 11) is 2.10. The van der Waals surface area contributed by atoms with E-state index in [0.717, 1.165) is 30.6 Å². The number of Topliss-reactive ketones (excluding diaryl/α,β-unsaturated/α-hetero) is 1. The SMILES string of the molecule is CC/C1=C/N(C)CCC23C(=O)C[C@@H]1[C@@H](CO)[C@@H]2Nc1ccccc13. The van der Waals surface area contributed by atoms with Gasteiger partial charge in [-0.05, 0) is 36.6 Å². The van der Waals surface area contributed by atoms with Crippen molar-refractivity contribution in [3.8, 4) is 0 Å². The van der Waals surface area contributed by atoms with Gasteiger partial charge in [-0.1, -0.05) is 30.7 Å². The Bertz CT molecular complexity index is 699. The van der Waals surface area contributed by atoms with Crippen LogP contribution in [-0.2, 0) is 10.2 Å². The van der Waals surface area contributed by atoms with Gasteiger partial charge in [0, 0.05) is 44.3 Å². The highest BCUT2D eigenvalue weighted by molar-refractivity contribution is 5.97. The number of hydrogen-bond acceptors (Lipinski definition) is 4. The van der Waals surface area contributed by atoms with Crippen LogP contribution in [0, 0.1) is 11.8 Å². The molecule has 1 fully saturated rings. The second-order valence-corrected chi connectivity index (χ2v) is 7.51. The molecule has 1 spiro atoms. The van der Waals surface area contributed by atoms with Crippen molar-refractivity contribution in [3.05, 3.63) is 41.6 Å². The Morgan fingerprint density at radius 3 is 2.92 bits per heavy atom. The van der Waals surface area contributed by atoms with Crippen LogP contribution in [0.5, 0.6) is 0 Å². The number of rotatable bonds is 2. The predicted molar refractivity (Wildman–Crippen MR) is 94.8 cm³/mol. The largest absolute Gasteiger partial charge is 0.396 e. The van der Waals surface area contributed by atoms with E-state index in [1.807, 2.05) is 12.1 Å². The van der Waals surface area contributed by atoms with Crippen molar-refractivity contribution in [2.75, 3.05) is 25.5 Å². The average Bonchev–Trinajstić information content (AvgIpc) is 2.96. The van der Waals surface area contributed by atoms with Gasteiger partial charge < -0.3 is 15.3 Å². The lowest BCUT2D eigenvalue weighted by molar-refractivity contribution is -0.130. The zero-order valence-corrected chi connectivity index (χ0v) is 14.5. The van der Waals surface area contributed by atoms with Gasteiger partial charge in [0.25, 0.3) is 0 Å². The first-order valence-corrected chi connectivity index (χ1v) is 9.02. The third kappa shape index (κ3) is 1.99. The number of carbonyl (C=O) groups excluding carboxylic acids is 1. The first-order valence-electron chi connectivity index (χ1n) is 9.02. The van der Waals surface area contributed by atoms with Gasteiger partial charge in [0.15, 0.2) is 0 Å². The highest BCUT2D eigenvalue weighted by atomic mass is 16.3. The molecule has 1 aliphatic carbocycles. The molecule has 3 heterocycles. The summed E-state index contributed by atoms with van der Waals surface area (Å²) in [4.78, 5) is 15.6. The van der Waals surface area contributed by atoms with Crippen molar-refractivity contribution in [2.24, 2.45) is 11.8 Å². The number of hydrogen-bond donors (Lipinski definition) is 2. The number of para-hydroxylation sites is 1. The molecule has 1 aromatic carbocycles. The summed E-state index contributed by atoms with van der Waals surface area (Å²) in [6.45, 7) is 3.12. The highest BCUT2D eigenvalue weighted by Gasteiger charge is 2.59. The number of nitrogens with one attached hydrogen (secondary N) is 1. The summed E-state index contributed by atoms with van der Waals surface area (Å²) in [5, 5.41) is 13.8. The van der Waals surface area contributed by atoms with Gasteiger partial charge in [-0.25, -0.2) is 0 Å². The van der Waals surface area contributed by atoms with E-state index in [1.165, 1.54) is 5.57 Å². The van der Waals surface area contributed by atoms with E-state index in [-0.39, 0.29) is 24.5 Å². The van der Waals surface area contributed by atoms with E-state index in [1.54, 1.807) is 0 Å². The van der Waals surface area contributed by atoms with E-state index in [2.05, 4.69) is 42.5 Å². The molecule has 0 radical (unpaired) electrons. The van der Waals surface area contributed by atoms with Gasteiger partial charge in [0.05, 0.1) is 5.41 Å². The summed E-state index contributed by atoms with van der Waals surface area (Å²) >= 11 is 0. The van der Waals surface area contributed by atoms with E-state index in [0.29, 0.717) is 12.2 Å². The van der Waals surface area contributed by atoms with Crippen molar-refractivity contribution >= 4 is 11.5 Å². The smallest absolute Gasteiger partial charge is 0.146 e. The second kappa shape index (κ2) is 5.62. The van der Waals surface area contributed by atoms with Gasteiger partial charge in [0.1, 0.15) is 5.78 Å². The molecule has 1 aromatic rings. The number of allylic oxidation sites excluding steroid dienone is 1. The number of nitrogens with zero attached hydrogens (tertiary/aromatic N) is 1. The van der Waals surface area contributed by atoms with Crippen LogP contribution in [0.4, 0.5) is 5.69 Å². The molecule has 128 valence electrons. The fraction of sp³-hybridized carbons (Fsp3) is 0.550. The molecule has 2 N–H and O–H groups in total. The third-order valence-electron chi connectivity index (χ3n) is 6.44. The number of aliphatic hydroxyl groups is 1. The molecule has 5 rings (SSSR count). The number of benzene rings is 1. The van der Waals surface area contributed by atoms with Gasteiger partial charge >= 0.3 is 0 Å². The quantitative estimate of drug-likeness (QED) is 0.877. The standard InChI is InChI=1S/C20H26N2O2/c1-3-13-11-22(2)9-8-20-16-6-4-5-7-17(16)21-19(20)15(12-23)14(13)10-18(20)24/h4-7,11,14-15,19,21,23H,3,8-10,12H2,1-2H3/b13-11-/t14-,15+,19-,20?/m0/s1. The molecule has 0 aromatic heterocycles. The summed E-state index contributed by atoms with van der Waals surface area (Å²) in [5.74, 6) is 0.551. The lowest BCUT2D eigenvalue weighted by Crippen LogP contribution is -2.57. The van der Waals surface area contributed by atoms with Crippen molar-refractivity contribution in [1.82, 2.24) is 4.90 Å². The van der Waals surface area contributed by atoms with Crippen LogP contribution in [-0.4, -0.2) is 42.0 Å². The van der Waals surface area contributed by atoms with E-state index < -0.39 is 5.41 Å². The highest BCUT2D eigenvalue weighted by Crippen LogP contribution is 2.54. The Morgan fingerprint density at radius 2 is 2.17 bits per heavy atom. The molecule has 0 amide bonds. The zero-order valence-electron chi connectivity index (χ0n) is 14.5. The normalized spacial score (nSPS) is 36.8. The molecule has 1 saturated carbocycles. The topological polar surface area (TPSA) is 52.6 Å². The number of aliphatic hydroxyl groups excluding tert-OH is 1. The molecule has 4 atom stereocenters. The second-order valence-electron chi connectivity index (χ2n) is 7.51. The molecule has 1 unspecified atom stereocenters. The minimum atomic E-state index is -0.494. The lowest BCUT2D eigenvalue weighted by Gasteiger charge is -2.46. The molecule has 2 bridgehead atoms. The van der Waals surface area contributed by atoms with Crippen LogP contribution in [0.25, 0.3) is 0 Å². The minimum absolute atomic E-state index is 0.00685. The number of fused-ring (bicyclic) bond motifs is 5. The van der Waals surface area contributed by atoms with Crippen LogP contribution < -0.4 is 5.32 Å². The number of anilines is 1. The summed E-state index contributed by atoms with van der Waals surface area (Å²) in [5.41, 5.74) is 3.00. The van der Waals surface area contributed by atoms with E-state index in [4.69, 9.17) is 0 Å². The molecular weight excluding hydrogens is 300 g/mol. The Labute approximate surface area is 143 Å². The summed E-state index contributed by atoms with van der Waals surface area (Å²) in [6.07, 6.45) is 4.48. The Morgan fingerprint density at radius 1 is 1.38 bits per heavy atom. The Balaban J connectivity index is 1.91. The van der Waals surface area contributed by atoms with E-state index >= 15 is 0 Å². The molecule has 4 heteroatoms. The first-order chi connectivity index (χ1) is 11.6. The monoisotopic (exact) mass is 326 g/mol. The van der Waals surface area contributed by atoms with Crippen molar-refractivity contribution in [3.63, 3.8) is 0 Å². The van der Waals surface area contributed by atoms with Crippen LogP contribution in [0.15, 0.2) is 36.0 Å². The van der Waals surface area contributed by atoms with Gasteiger partial charge in [-0.15, -0.1) is 0 Å². The maximum Gasteiger partial charge on any atom is 0.146 e. The fourth-order valence-electron chi connectivity index (χ4n) is 5.24. The van der Waals surface area contributed by atoms with Gasteiger partial charge in [-0.3, -0.25) is 4.79 Å². The lowest BCUT2D eigenvalue weighted by atomic mass is 9.57. The Hall–Kier alpha value is -1.81. The molecule has 3 aliphatic heterocycles. The fourth-order valence-corrected chi connectivity index (χ4v) is 5.24. The van der Waals surface area contributed by atoms with Crippen LogP contribution in [0.2, 0.25) is 0 Å². The van der Waals surface area contributed by atoms with E-state index in [9.17, 15) is 9.90 Å². The van der Waals surface area contributed by atoms with Crippen molar-refractivity contribution in [1.29, 1.82) is 0 Å². The van der Waals surface area contributed by atoms with Crippen molar-refractivity contribution in [2.45, 2.75) is 37.6 Å². The maximum absolute atomic E-state index is 13.4. The van der Waals surface area contributed by atoms with Gasteiger partial charge in [-0.2, -0.15) is 0 Å². The van der Waals surface area contributed by atoms with Crippen molar-refractivity contribution < 1.29 is 9.90 Å². The average molecular weight is 326 g/mol. The number of carbonyl (C=O) groups is 1. The first kappa shape index (κ1) is 15.7. The van der Waals surface area contributed by atoms with Crippen LogP contribution in [0.1, 0.15) is 31.7 Å². The molecule has 0 saturated heterocycles. The summed E-state index contributed by atoms with van der Waals surface area (Å²) in [6, 6.07) is 8.20. The summed E-state index contributed by atoms with van der Waals surface area (Å²) < 4.78 is 0. The molecule has 4 nitrogen and oxygen atoms in total. The number of ketones is 1. The van der Waals surface area contributed by atoms with Gasteiger partial charge in [0.2, 0.25) is 0 Å². The Kier molecular flexibility index (Phi) is 3.68. The molecule has 24 heavy (non-hydrogen) atoms. The minimum Gasteiger partial charge on any atom is -0.396 e. The third-order valence-corrected chi connectivity index (χ3v) is 6.44. The predicted octanol–water partition coefficient (Wildman–Crippen LogP) is 2.55. The molecular formula is C20H26N2O2. The van der Waals surface area contributed by atoms with Crippen LogP contribution in [0.3, 0.4) is 0 Å². The van der Waals surface area contributed by atoms with Crippen LogP contribution >= 0.6 is 0 Å². The molecule has 4 aliphatic rings.